The minimum Gasteiger partial charge on any atom is -0.493 e. The lowest BCUT2D eigenvalue weighted by atomic mass is 9.99. The van der Waals surface area contributed by atoms with Gasteiger partial charge in [-0.05, 0) is 49.7 Å². The van der Waals surface area contributed by atoms with Gasteiger partial charge in [0.1, 0.15) is 0 Å². The molecule has 29 heavy (non-hydrogen) atoms. The number of benzene rings is 1. The lowest BCUT2D eigenvalue weighted by Gasteiger charge is -2.32. The van der Waals surface area contributed by atoms with Gasteiger partial charge >= 0.3 is 6.18 Å². The summed E-state index contributed by atoms with van der Waals surface area (Å²) in [7, 11) is 6.42. The highest BCUT2D eigenvalue weighted by Crippen LogP contribution is 2.33. The summed E-state index contributed by atoms with van der Waals surface area (Å²) in [6, 6.07) is 4.00. The lowest BCUT2D eigenvalue weighted by Crippen LogP contribution is -2.44. The summed E-state index contributed by atoms with van der Waals surface area (Å²) in [5, 5.41) is 3.25. The van der Waals surface area contributed by atoms with Gasteiger partial charge in [-0.2, -0.15) is 13.2 Å². The van der Waals surface area contributed by atoms with E-state index in [-0.39, 0.29) is 24.0 Å². The molecule has 1 aromatic rings. The molecule has 2 rings (SSSR count). The molecule has 10 heteroatoms. The molecule has 1 heterocycles. The quantitative estimate of drug-likeness (QED) is 0.254. The molecule has 0 spiro atoms. The van der Waals surface area contributed by atoms with Gasteiger partial charge in [-0.25, -0.2) is 0 Å². The molecule has 1 aromatic carbocycles. The number of rotatable bonds is 7. The van der Waals surface area contributed by atoms with Gasteiger partial charge in [0.25, 0.3) is 0 Å². The van der Waals surface area contributed by atoms with Crippen LogP contribution in [0.5, 0.6) is 11.5 Å². The van der Waals surface area contributed by atoms with E-state index in [0.29, 0.717) is 31.8 Å². The highest BCUT2D eigenvalue weighted by Gasteiger charge is 2.28. The molecule has 0 bridgehead atoms. The highest BCUT2D eigenvalue weighted by molar-refractivity contribution is 14.0. The first-order valence-electron chi connectivity index (χ1n) is 9.22. The van der Waals surface area contributed by atoms with Crippen molar-refractivity contribution in [1.29, 1.82) is 0 Å². The zero-order valence-corrected chi connectivity index (χ0v) is 19.6. The fourth-order valence-electron chi connectivity index (χ4n) is 3.33. The van der Waals surface area contributed by atoms with Crippen LogP contribution in [0.4, 0.5) is 13.2 Å². The number of hydrogen-bond acceptors (Lipinski definition) is 4. The maximum atomic E-state index is 12.4. The molecule has 0 radical (unpaired) electrons. The van der Waals surface area contributed by atoms with Gasteiger partial charge in [-0.15, -0.1) is 24.0 Å². The van der Waals surface area contributed by atoms with Crippen molar-refractivity contribution >= 4 is 29.9 Å². The second-order valence-corrected chi connectivity index (χ2v) is 6.83. The smallest absolute Gasteiger partial charge is 0.401 e. The predicted molar refractivity (Wildman–Crippen MR) is 119 cm³/mol. The first-order chi connectivity index (χ1) is 13.3. The highest BCUT2D eigenvalue weighted by atomic mass is 127. The van der Waals surface area contributed by atoms with E-state index in [1.165, 1.54) is 17.5 Å². The summed E-state index contributed by atoms with van der Waals surface area (Å²) in [5.74, 6) is 2.16. The van der Waals surface area contributed by atoms with Gasteiger partial charge < -0.3 is 19.7 Å². The predicted octanol–water partition coefficient (Wildman–Crippen LogP) is 3.14. The number of halogens is 4. The molecule has 0 fully saturated rings. The molecule has 1 N–H and O–H groups in total. The summed E-state index contributed by atoms with van der Waals surface area (Å²) in [6.07, 6.45) is -2.71. The molecule has 0 unspecified atom stereocenters. The molecule has 166 valence electrons. The Morgan fingerprint density at radius 2 is 1.83 bits per heavy atom. The van der Waals surface area contributed by atoms with Crippen LogP contribution < -0.4 is 14.8 Å². The minimum atomic E-state index is -4.16. The molecule has 1 aliphatic rings. The van der Waals surface area contributed by atoms with Gasteiger partial charge in [0.2, 0.25) is 0 Å². The Kier molecular flexibility index (Phi) is 10.3. The number of methoxy groups -OCH3 is 2. The number of aliphatic imine (C=N–C) groups is 1. The van der Waals surface area contributed by atoms with E-state index >= 15 is 0 Å². The molecular weight excluding hydrogens is 500 g/mol. The van der Waals surface area contributed by atoms with Crippen LogP contribution in [0, 0.1) is 0 Å². The fourth-order valence-corrected chi connectivity index (χ4v) is 3.33. The van der Waals surface area contributed by atoms with E-state index in [2.05, 4.69) is 15.2 Å². The molecule has 0 saturated heterocycles. The zero-order valence-electron chi connectivity index (χ0n) is 17.3. The summed E-state index contributed by atoms with van der Waals surface area (Å²) < 4.78 is 47.8. The number of fused-ring (bicyclic) bond motifs is 1. The van der Waals surface area contributed by atoms with Crippen LogP contribution in [0.25, 0.3) is 0 Å². The SMILES string of the molecule is CN=C(NCCCN(C)CC(F)(F)F)N1CCc2cc(OC)c(OC)cc2C1.I. The fraction of sp³-hybridized carbons (Fsp3) is 0.632. The number of alkyl halides is 3. The van der Waals surface area contributed by atoms with E-state index in [9.17, 15) is 13.2 Å². The van der Waals surface area contributed by atoms with Crippen LogP contribution in [0.3, 0.4) is 0 Å². The average molecular weight is 530 g/mol. The Morgan fingerprint density at radius 3 is 2.38 bits per heavy atom. The topological polar surface area (TPSA) is 49.3 Å². The number of nitrogens with one attached hydrogen (secondary N) is 1. The molecule has 6 nitrogen and oxygen atoms in total. The van der Waals surface area contributed by atoms with Crippen LogP contribution in [0.2, 0.25) is 0 Å². The molecular formula is C19H30F3IN4O2. The molecule has 0 amide bonds. The van der Waals surface area contributed by atoms with Crippen LogP contribution in [-0.2, 0) is 13.0 Å². The third kappa shape index (κ3) is 7.72. The zero-order chi connectivity index (χ0) is 20.7. The summed E-state index contributed by atoms with van der Waals surface area (Å²) >= 11 is 0. The van der Waals surface area contributed by atoms with Gasteiger partial charge in [-0.3, -0.25) is 9.89 Å². The van der Waals surface area contributed by atoms with Crippen molar-refractivity contribution in [2.45, 2.75) is 25.6 Å². The Balaban J connectivity index is 0.00000420. The van der Waals surface area contributed by atoms with Crippen molar-refractivity contribution < 1.29 is 22.6 Å². The third-order valence-corrected chi connectivity index (χ3v) is 4.68. The second kappa shape index (κ2) is 11.7. The minimum absolute atomic E-state index is 0. The van der Waals surface area contributed by atoms with Crippen molar-refractivity contribution in [2.75, 3.05) is 54.5 Å². The number of guanidine groups is 1. The van der Waals surface area contributed by atoms with Crippen molar-refractivity contribution in [3.05, 3.63) is 23.3 Å². The van der Waals surface area contributed by atoms with Crippen molar-refractivity contribution in [1.82, 2.24) is 15.1 Å². The molecule has 1 aliphatic heterocycles. The summed E-state index contributed by atoms with van der Waals surface area (Å²) in [4.78, 5) is 7.73. The van der Waals surface area contributed by atoms with Crippen LogP contribution in [0.15, 0.2) is 17.1 Å². The van der Waals surface area contributed by atoms with Crippen LogP contribution in [0.1, 0.15) is 17.5 Å². The number of ether oxygens (including phenoxy) is 2. The summed E-state index contributed by atoms with van der Waals surface area (Å²) in [6.45, 7) is 1.52. The molecule has 0 saturated carbocycles. The maximum Gasteiger partial charge on any atom is 0.401 e. The van der Waals surface area contributed by atoms with Crippen molar-refractivity contribution in [3.8, 4) is 11.5 Å². The maximum absolute atomic E-state index is 12.4. The number of nitrogens with zero attached hydrogens (tertiary/aromatic N) is 3. The van der Waals surface area contributed by atoms with Gasteiger partial charge in [0.05, 0.1) is 20.8 Å². The Hall–Kier alpha value is -1.43. The van der Waals surface area contributed by atoms with E-state index in [4.69, 9.17) is 9.47 Å². The normalized spacial score (nSPS) is 14.3. The van der Waals surface area contributed by atoms with E-state index < -0.39 is 12.7 Å². The van der Waals surface area contributed by atoms with Crippen LogP contribution in [-0.4, -0.2) is 76.4 Å². The molecule has 0 aromatic heterocycles. The van der Waals surface area contributed by atoms with Gasteiger partial charge in [0.15, 0.2) is 17.5 Å². The van der Waals surface area contributed by atoms with Crippen molar-refractivity contribution in [3.63, 3.8) is 0 Å². The van der Waals surface area contributed by atoms with Crippen LogP contribution >= 0.6 is 24.0 Å². The second-order valence-electron chi connectivity index (χ2n) is 6.83. The Labute approximate surface area is 187 Å². The van der Waals surface area contributed by atoms with E-state index in [0.717, 1.165) is 30.2 Å². The number of hydrogen-bond donors (Lipinski definition) is 1. The molecule has 0 atom stereocenters. The van der Waals surface area contributed by atoms with E-state index in [1.807, 2.05) is 12.1 Å². The first kappa shape index (κ1) is 25.6. The van der Waals surface area contributed by atoms with Gasteiger partial charge in [-0.1, -0.05) is 0 Å². The average Bonchev–Trinajstić information content (AvgIpc) is 2.65. The van der Waals surface area contributed by atoms with Gasteiger partial charge in [0, 0.05) is 26.7 Å². The van der Waals surface area contributed by atoms with E-state index in [1.54, 1.807) is 21.3 Å². The summed E-state index contributed by atoms with van der Waals surface area (Å²) in [5.41, 5.74) is 2.37. The standard InChI is InChI=1S/C19H29F3N4O2.HI/c1-23-18(24-7-5-8-25(2)13-19(20,21)22)26-9-6-14-10-16(27-3)17(28-4)11-15(14)12-26;/h10-11H,5-9,12-13H2,1-4H3,(H,23,24);1H. The third-order valence-electron chi connectivity index (χ3n) is 4.68. The lowest BCUT2D eigenvalue weighted by molar-refractivity contribution is -0.143. The van der Waals surface area contributed by atoms with Crippen molar-refractivity contribution in [2.24, 2.45) is 4.99 Å². The molecule has 0 aliphatic carbocycles. The monoisotopic (exact) mass is 530 g/mol. The largest absolute Gasteiger partial charge is 0.493 e. The Morgan fingerprint density at radius 1 is 1.21 bits per heavy atom. The Bertz CT molecular complexity index is 686. The first-order valence-corrected chi connectivity index (χ1v) is 9.22.